The van der Waals surface area contributed by atoms with Gasteiger partial charge in [0, 0.05) is 17.0 Å². The molecule has 5 nitrogen and oxygen atoms in total. The number of aryl methyl sites for hydroxylation is 1. The third-order valence-electron chi connectivity index (χ3n) is 5.34. The van der Waals surface area contributed by atoms with E-state index in [1.807, 2.05) is 62.4 Å². The van der Waals surface area contributed by atoms with Gasteiger partial charge in [-0.05, 0) is 37.6 Å². The largest absolute Gasteiger partial charge is 0.497 e. The van der Waals surface area contributed by atoms with Crippen LogP contribution in [0.1, 0.15) is 21.5 Å². The summed E-state index contributed by atoms with van der Waals surface area (Å²) in [5, 5.41) is 3.80. The first-order valence-electron chi connectivity index (χ1n) is 10.0. The molecule has 0 saturated heterocycles. The number of para-hydroxylation sites is 1. The summed E-state index contributed by atoms with van der Waals surface area (Å²) in [6.45, 7) is 3.98. The predicted molar refractivity (Wildman–Crippen MR) is 124 cm³/mol. The van der Waals surface area contributed by atoms with Gasteiger partial charge in [-0.25, -0.2) is 4.98 Å². The second-order valence-corrected chi connectivity index (χ2v) is 7.36. The molecule has 4 aromatic rings. The van der Waals surface area contributed by atoms with Crippen LogP contribution in [0.3, 0.4) is 0 Å². The van der Waals surface area contributed by atoms with Crippen LogP contribution < -0.4 is 14.8 Å². The van der Waals surface area contributed by atoms with Gasteiger partial charge in [0.1, 0.15) is 11.5 Å². The summed E-state index contributed by atoms with van der Waals surface area (Å²) in [6, 6.07) is 21.2. The van der Waals surface area contributed by atoms with Crippen LogP contribution in [0, 0.1) is 13.8 Å². The average molecular weight is 412 g/mol. The summed E-state index contributed by atoms with van der Waals surface area (Å²) in [4.78, 5) is 18.4. The monoisotopic (exact) mass is 412 g/mol. The number of carbonyl (C=O) groups is 1. The van der Waals surface area contributed by atoms with Crippen LogP contribution in [0.15, 0.2) is 66.7 Å². The molecule has 0 aliphatic heterocycles. The number of ether oxygens (including phenoxy) is 2. The van der Waals surface area contributed by atoms with Gasteiger partial charge in [-0.1, -0.05) is 48.0 Å². The highest BCUT2D eigenvalue weighted by atomic mass is 16.5. The molecule has 0 fully saturated rings. The van der Waals surface area contributed by atoms with E-state index in [1.54, 1.807) is 32.4 Å². The fourth-order valence-corrected chi connectivity index (χ4v) is 3.69. The van der Waals surface area contributed by atoms with Crippen molar-refractivity contribution in [3.05, 3.63) is 83.4 Å². The van der Waals surface area contributed by atoms with Gasteiger partial charge >= 0.3 is 0 Å². The van der Waals surface area contributed by atoms with Crippen molar-refractivity contribution >= 4 is 22.5 Å². The lowest BCUT2D eigenvalue weighted by molar-refractivity contribution is 0.102. The summed E-state index contributed by atoms with van der Waals surface area (Å²) in [7, 11) is 3.15. The normalized spacial score (nSPS) is 10.7. The van der Waals surface area contributed by atoms with E-state index >= 15 is 0 Å². The zero-order valence-corrected chi connectivity index (χ0v) is 18.0. The zero-order chi connectivity index (χ0) is 22.0. The van der Waals surface area contributed by atoms with E-state index < -0.39 is 0 Å². The van der Waals surface area contributed by atoms with Crippen molar-refractivity contribution in [1.82, 2.24) is 4.98 Å². The molecule has 31 heavy (non-hydrogen) atoms. The summed E-state index contributed by atoms with van der Waals surface area (Å²) in [5.41, 5.74) is 5.66. The van der Waals surface area contributed by atoms with Crippen molar-refractivity contribution in [1.29, 1.82) is 0 Å². The van der Waals surface area contributed by atoms with Gasteiger partial charge in [-0.2, -0.15) is 0 Å². The quantitative estimate of drug-likeness (QED) is 0.451. The standard InChI is InChI=1S/C26H24N2O3/c1-16-9-11-18(12-10-16)25-17(2)24(20-7-5-6-8-21(20)27-25)26(29)28-22-15-19(30-3)13-14-23(22)31-4/h5-15H,1-4H3,(H,28,29). The molecule has 0 aliphatic rings. The van der Waals surface area contributed by atoms with Crippen molar-refractivity contribution in [3.63, 3.8) is 0 Å². The Bertz CT molecular complexity index is 1260. The van der Waals surface area contributed by atoms with E-state index in [9.17, 15) is 4.79 Å². The van der Waals surface area contributed by atoms with Gasteiger partial charge in [0.2, 0.25) is 0 Å². The van der Waals surface area contributed by atoms with E-state index in [1.165, 1.54) is 5.56 Å². The Morgan fingerprint density at radius 2 is 1.65 bits per heavy atom. The fourth-order valence-electron chi connectivity index (χ4n) is 3.69. The Morgan fingerprint density at radius 1 is 0.903 bits per heavy atom. The highest BCUT2D eigenvalue weighted by Crippen LogP contribution is 2.33. The molecular weight excluding hydrogens is 388 g/mol. The molecule has 0 saturated carbocycles. The molecule has 0 bridgehead atoms. The molecule has 1 heterocycles. The van der Waals surface area contributed by atoms with Crippen LogP contribution in [-0.4, -0.2) is 25.1 Å². The van der Waals surface area contributed by atoms with Crippen molar-refractivity contribution in [2.75, 3.05) is 19.5 Å². The maximum atomic E-state index is 13.5. The van der Waals surface area contributed by atoms with E-state index in [2.05, 4.69) is 5.32 Å². The van der Waals surface area contributed by atoms with Gasteiger partial charge in [0.15, 0.2) is 0 Å². The lowest BCUT2D eigenvalue weighted by Crippen LogP contribution is -2.16. The Kier molecular flexibility index (Phi) is 5.58. The first-order valence-corrected chi connectivity index (χ1v) is 10.0. The smallest absolute Gasteiger partial charge is 0.256 e. The van der Waals surface area contributed by atoms with Crippen molar-refractivity contribution < 1.29 is 14.3 Å². The number of hydrogen-bond acceptors (Lipinski definition) is 4. The Balaban J connectivity index is 1.86. The average Bonchev–Trinajstić information content (AvgIpc) is 2.79. The minimum Gasteiger partial charge on any atom is -0.497 e. The molecule has 0 aliphatic carbocycles. The summed E-state index contributed by atoms with van der Waals surface area (Å²) < 4.78 is 10.7. The van der Waals surface area contributed by atoms with Crippen LogP contribution >= 0.6 is 0 Å². The number of methoxy groups -OCH3 is 2. The Hall–Kier alpha value is -3.86. The number of carbonyl (C=O) groups excluding carboxylic acids is 1. The topological polar surface area (TPSA) is 60.5 Å². The van der Waals surface area contributed by atoms with Crippen molar-refractivity contribution in [3.8, 4) is 22.8 Å². The minimum absolute atomic E-state index is 0.226. The van der Waals surface area contributed by atoms with Crippen molar-refractivity contribution in [2.45, 2.75) is 13.8 Å². The molecule has 5 heteroatoms. The molecule has 1 aromatic heterocycles. The summed E-state index contributed by atoms with van der Waals surface area (Å²) in [6.07, 6.45) is 0. The number of amides is 1. The lowest BCUT2D eigenvalue weighted by atomic mass is 9.96. The minimum atomic E-state index is -0.226. The third-order valence-corrected chi connectivity index (χ3v) is 5.34. The van der Waals surface area contributed by atoms with Crippen LogP contribution in [0.2, 0.25) is 0 Å². The van der Waals surface area contributed by atoms with E-state index in [-0.39, 0.29) is 5.91 Å². The molecule has 0 radical (unpaired) electrons. The predicted octanol–water partition coefficient (Wildman–Crippen LogP) is 5.79. The van der Waals surface area contributed by atoms with Gasteiger partial charge in [0.05, 0.1) is 36.7 Å². The molecule has 0 atom stereocenters. The SMILES string of the molecule is COc1ccc(OC)c(NC(=O)c2c(C)c(-c3ccc(C)cc3)nc3ccccc23)c1. The second-order valence-electron chi connectivity index (χ2n) is 7.36. The maximum absolute atomic E-state index is 13.5. The van der Waals surface area contributed by atoms with E-state index in [0.717, 1.165) is 27.7 Å². The highest BCUT2D eigenvalue weighted by molar-refractivity contribution is 6.14. The van der Waals surface area contributed by atoms with Crippen LogP contribution in [0.4, 0.5) is 5.69 Å². The fraction of sp³-hybridized carbons (Fsp3) is 0.154. The first-order chi connectivity index (χ1) is 15.0. The zero-order valence-electron chi connectivity index (χ0n) is 18.0. The van der Waals surface area contributed by atoms with Gasteiger partial charge in [-0.3, -0.25) is 4.79 Å². The molecule has 3 aromatic carbocycles. The number of anilines is 1. The van der Waals surface area contributed by atoms with Crippen molar-refractivity contribution in [2.24, 2.45) is 0 Å². The second kappa shape index (κ2) is 8.48. The first kappa shape index (κ1) is 20.4. The van der Waals surface area contributed by atoms with Crippen LogP contribution in [-0.2, 0) is 0 Å². The summed E-state index contributed by atoms with van der Waals surface area (Å²) in [5.74, 6) is 0.965. The molecule has 1 amide bonds. The number of pyridine rings is 1. The number of fused-ring (bicyclic) bond motifs is 1. The summed E-state index contributed by atoms with van der Waals surface area (Å²) >= 11 is 0. The molecule has 156 valence electrons. The van der Waals surface area contributed by atoms with Gasteiger partial charge in [-0.15, -0.1) is 0 Å². The molecular formula is C26H24N2O3. The third kappa shape index (κ3) is 3.94. The van der Waals surface area contributed by atoms with Gasteiger partial charge < -0.3 is 14.8 Å². The number of aromatic nitrogens is 1. The molecule has 4 rings (SSSR count). The highest BCUT2D eigenvalue weighted by Gasteiger charge is 2.20. The lowest BCUT2D eigenvalue weighted by Gasteiger charge is -2.16. The molecule has 0 unspecified atom stereocenters. The van der Waals surface area contributed by atoms with E-state index in [4.69, 9.17) is 14.5 Å². The Labute approximate surface area is 181 Å². The van der Waals surface area contributed by atoms with E-state index in [0.29, 0.717) is 22.7 Å². The van der Waals surface area contributed by atoms with Crippen LogP contribution in [0.25, 0.3) is 22.2 Å². The number of hydrogen-bond donors (Lipinski definition) is 1. The number of nitrogens with one attached hydrogen (secondary N) is 1. The maximum Gasteiger partial charge on any atom is 0.256 e. The number of nitrogens with zero attached hydrogens (tertiary/aromatic N) is 1. The number of rotatable bonds is 5. The molecule has 0 spiro atoms. The molecule has 1 N–H and O–H groups in total. The Morgan fingerprint density at radius 3 is 2.35 bits per heavy atom. The van der Waals surface area contributed by atoms with Gasteiger partial charge in [0.25, 0.3) is 5.91 Å². The number of benzene rings is 3. The van der Waals surface area contributed by atoms with Crippen LogP contribution in [0.5, 0.6) is 11.5 Å².